The number of nitrogens with zero attached hydrogens (tertiary/aromatic N) is 6. The van der Waals surface area contributed by atoms with E-state index >= 15 is 0 Å². The lowest BCUT2D eigenvalue weighted by atomic mass is 10.1. The van der Waals surface area contributed by atoms with E-state index in [0.29, 0.717) is 70.3 Å². The standard InChI is InChI=1S/C26H29FN6O3/c1-2-36-26(35)33-17-15-32(16-18-33)25(34)23-19-7-3-4-8-20(19)24(29-28-23)31-13-11-30(12-14-31)22-10-6-5-9-21(22)27/h3-10H,2,11-18H2,1H3. The van der Waals surface area contributed by atoms with Crippen LogP contribution < -0.4 is 9.80 Å². The third-order valence-electron chi connectivity index (χ3n) is 6.74. The number of halogens is 1. The lowest BCUT2D eigenvalue weighted by molar-refractivity contribution is 0.0567. The molecule has 1 aromatic heterocycles. The average Bonchev–Trinajstić information content (AvgIpc) is 2.93. The van der Waals surface area contributed by atoms with Crippen LogP contribution in [0.1, 0.15) is 17.4 Å². The first-order chi connectivity index (χ1) is 17.6. The summed E-state index contributed by atoms with van der Waals surface area (Å²) in [6.07, 6.45) is -0.353. The molecule has 2 saturated heterocycles. The number of hydrogen-bond acceptors (Lipinski definition) is 7. The van der Waals surface area contributed by atoms with E-state index in [0.717, 1.165) is 16.6 Å². The van der Waals surface area contributed by atoms with E-state index in [9.17, 15) is 14.0 Å². The van der Waals surface area contributed by atoms with Crippen LogP contribution in [0.5, 0.6) is 0 Å². The predicted octanol–water partition coefficient (Wildman–Crippen LogP) is 3.01. The summed E-state index contributed by atoms with van der Waals surface area (Å²) >= 11 is 0. The molecule has 2 aliphatic heterocycles. The second kappa shape index (κ2) is 10.3. The number of aromatic nitrogens is 2. The van der Waals surface area contributed by atoms with Crippen molar-refractivity contribution in [3.05, 3.63) is 60.0 Å². The molecule has 0 radical (unpaired) electrons. The van der Waals surface area contributed by atoms with E-state index in [2.05, 4.69) is 15.1 Å². The van der Waals surface area contributed by atoms with Gasteiger partial charge < -0.3 is 24.3 Å². The van der Waals surface area contributed by atoms with Gasteiger partial charge >= 0.3 is 6.09 Å². The molecule has 10 heteroatoms. The summed E-state index contributed by atoms with van der Waals surface area (Å²) in [5.74, 6) is 0.308. The van der Waals surface area contributed by atoms with Crippen LogP contribution in [-0.2, 0) is 4.74 Å². The first-order valence-corrected chi connectivity index (χ1v) is 12.3. The van der Waals surface area contributed by atoms with Gasteiger partial charge in [-0.05, 0) is 19.1 Å². The topological polar surface area (TPSA) is 82.1 Å². The van der Waals surface area contributed by atoms with Gasteiger partial charge in [0.15, 0.2) is 11.5 Å². The Morgan fingerprint density at radius 2 is 1.42 bits per heavy atom. The summed E-state index contributed by atoms with van der Waals surface area (Å²) in [7, 11) is 0. The predicted molar refractivity (Wildman–Crippen MR) is 135 cm³/mol. The highest BCUT2D eigenvalue weighted by molar-refractivity contribution is 6.07. The van der Waals surface area contributed by atoms with Crippen LogP contribution in [0.25, 0.3) is 10.8 Å². The van der Waals surface area contributed by atoms with Crippen LogP contribution >= 0.6 is 0 Å². The molecule has 0 aliphatic carbocycles. The summed E-state index contributed by atoms with van der Waals surface area (Å²) in [5, 5.41) is 10.5. The zero-order valence-electron chi connectivity index (χ0n) is 20.3. The molecule has 2 aliphatic rings. The molecule has 2 aromatic carbocycles. The van der Waals surface area contributed by atoms with Gasteiger partial charge in [0, 0.05) is 63.1 Å². The normalized spacial score (nSPS) is 16.4. The quantitative estimate of drug-likeness (QED) is 0.554. The van der Waals surface area contributed by atoms with Crippen molar-refractivity contribution in [3.8, 4) is 0 Å². The maximum absolute atomic E-state index is 14.2. The maximum Gasteiger partial charge on any atom is 0.409 e. The van der Waals surface area contributed by atoms with Gasteiger partial charge in [-0.15, -0.1) is 10.2 Å². The number of carbonyl (C=O) groups is 2. The molecule has 9 nitrogen and oxygen atoms in total. The molecule has 36 heavy (non-hydrogen) atoms. The van der Waals surface area contributed by atoms with Crippen LogP contribution in [0.3, 0.4) is 0 Å². The minimum Gasteiger partial charge on any atom is -0.450 e. The minimum absolute atomic E-state index is 0.196. The van der Waals surface area contributed by atoms with Gasteiger partial charge in [0.1, 0.15) is 5.82 Å². The number of hydrogen-bond donors (Lipinski definition) is 0. The Bertz CT molecular complexity index is 1260. The third-order valence-corrected chi connectivity index (χ3v) is 6.74. The number of ether oxygens (including phenoxy) is 1. The minimum atomic E-state index is -0.353. The lowest BCUT2D eigenvalue weighted by Gasteiger charge is -2.37. The van der Waals surface area contributed by atoms with Crippen LogP contribution in [0, 0.1) is 5.82 Å². The van der Waals surface area contributed by atoms with Crippen molar-refractivity contribution in [1.29, 1.82) is 0 Å². The van der Waals surface area contributed by atoms with Crippen molar-refractivity contribution in [3.63, 3.8) is 0 Å². The summed E-state index contributed by atoms with van der Waals surface area (Å²) in [5.41, 5.74) is 0.918. The van der Waals surface area contributed by atoms with E-state index in [4.69, 9.17) is 4.74 Å². The van der Waals surface area contributed by atoms with Crippen LogP contribution in [0.4, 0.5) is 20.7 Å². The Kier molecular flexibility index (Phi) is 6.84. The molecule has 3 heterocycles. The van der Waals surface area contributed by atoms with E-state index < -0.39 is 0 Å². The van der Waals surface area contributed by atoms with Crippen molar-refractivity contribution >= 4 is 34.3 Å². The maximum atomic E-state index is 14.2. The number of anilines is 2. The summed E-state index contributed by atoms with van der Waals surface area (Å²) in [6.45, 7) is 6.39. The highest BCUT2D eigenvalue weighted by Crippen LogP contribution is 2.29. The number of carbonyl (C=O) groups excluding carboxylic acids is 2. The van der Waals surface area contributed by atoms with Crippen molar-refractivity contribution in [1.82, 2.24) is 20.0 Å². The highest BCUT2D eigenvalue weighted by atomic mass is 19.1. The van der Waals surface area contributed by atoms with Crippen molar-refractivity contribution < 1.29 is 18.7 Å². The third kappa shape index (κ3) is 4.62. The number of piperazine rings is 2. The first kappa shape index (κ1) is 23.8. The molecule has 5 rings (SSSR count). The van der Waals surface area contributed by atoms with Crippen LogP contribution in [0.15, 0.2) is 48.5 Å². The molecule has 0 saturated carbocycles. The molecule has 0 atom stereocenters. The fraction of sp³-hybridized carbons (Fsp3) is 0.385. The van der Waals surface area contributed by atoms with Gasteiger partial charge in [0.2, 0.25) is 0 Å². The van der Waals surface area contributed by atoms with Crippen molar-refractivity contribution in [2.75, 3.05) is 68.8 Å². The van der Waals surface area contributed by atoms with Gasteiger partial charge in [-0.2, -0.15) is 0 Å². The molecule has 2 fully saturated rings. The molecular formula is C26H29FN6O3. The molecule has 0 bridgehead atoms. The van der Waals surface area contributed by atoms with Gasteiger partial charge in [0.05, 0.1) is 12.3 Å². The summed E-state index contributed by atoms with van der Waals surface area (Å²) in [4.78, 5) is 32.8. The monoisotopic (exact) mass is 492 g/mol. The molecule has 3 aromatic rings. The largest absolute Gasteiger partial charge is 0.450 e. The molecule has 0 spiro atoms. The smallest absolute Gasteiger partial charge is 0.409 e. The molecular weight excluding hydrogens is 463 g/mol. The fourth-order valence-corrected chi connectivity index (χ4v) is 4.81. The average molecular weight is 493 g/mol. The SMILES string of the molecule is CCOC(=O)N1CCN(C(=O)c2nnc(N3CCN(c4ccccc4F)CC3)c3ccccc23)CC1. The zero-order chi connectivity index (χ0) is 25.1. The van der Waals surface area contributed by atoms with Crippen LogP contribution in [-0.4, -0.2) is 91.0 Å². The van der Waals surface area contributed by atoms with Gasteiger partial charge in [-0.3, -0.25) is 4.79 Å². The van der Waals surface area contributed by atoms with E-state index in [-0.39, 0.29) is 17.8 Å². The first-order valence-electron chi connectivity index (χ1n) is 12.3. The molecule has 0 N–H and O–H groups in total. The Morgan fingerprint density at radius 3 is 2.11 bits per heavy atom. The molecule has 188 valence electrons. The van der Waals surface area contributed by atoms with E-state index in [1.165, 1.54) is 6.07 Å². The Morgan fingerprint density at radius 1 is 0.806 bits per heavy atom. The Balaban J connectivity index is 1.32. The Hall–Kier alpha value is -3.95. The van der Waals surface area contributed by atoms with Crippen molar-refractivity contribution in [2.24, 2.45) is 0 Å². The molecule has 2 amide bonds. The van der Waals surface area contributed by atoms with Gasteiger partial charge in [0.25, 0.3) is 5.91 Å². The highest BCUT2D eigenvalue weighted by Gasteiger charge is 2.29. The second-order valence-corrected chi connectivity index (χ2v) is 8.82. The van der Waals surface area contributed by atoms with Gasteiger partial charge in [-0.25, -0.2) is 9.18 Å². The van der Waals surface area contributed by atoms with Crippen molar-refractivity contribution in [2.45, 2.75) is 6.92 Å². The number of fused-ring (bicyclic) bond motifs is 1. The van der Waals surface area contributed by atoms with E-state index in [1.54, 1.807) is 28.9 Å². The summed E-state index contributed by atoms with van der Waals surface area (Å²) < 4.78 is 19.3. The van der Waals surface area contributed by atoms with Crippen LogP contribution in [0.2, 0.25) is 0 Å². The van der Waals surface area contributed by atoms with Gasteiger partial charge in [-0.1, -0.05) is 36.4 Å². The second-order valence-electron chi connectivity index (χ2n) is 8.82. The molecule has 0 unspecified atom stereocenters. The fourth-order valence-electron chi connectivity index (χ4n) is 4.81. The zero-order valence-corrected chi connectivity index (χ0v) is 20.3. The number of rotatable bonds is 4. The Labute approximate surface area is 209 Å². The van der Waals surface area contributed by atoms with E-state index in [1.807, 2.05) is 35.2 Å². The summed E-state index contributed by atoms with van der Waals surface area (Å²) in [6, 6.07) is 14.5. The number of amides is 2. The lowest BCUT2D eigenvalue weighted by Crippen LogP contribution is -2.51. The number of benzene rings is 2. The number of para-hydroxylation sites is 1.